The third kappa shape index (κ3) is 9.20. The van der Waals surface area contributed by atoms with Crippen LogP contribution in [0.3, 0.4) is 0 Å². The average Bonchev–Trinajstić information content (AvgIpc) is 3.00. The first kappa shape index (κ1) is 32.3. The normalized spacial score (nSPS) is 11.7. The van der Waals surface area contributed by atoms with Crippen molar-refractivity contribution in [2.75, 3.05) is 26.4 Å². The highest BCUT2D eigenvalue weighted by atomic mass is 15.6. The maximum absolute atomic E-state index is 4.95. The van der Waals surface area contributed by atoms with Crippen LogP contribution in [-0.4, -0.2) is 20.5 Å². The van der Waals surface area contributed by atoms with Gasteiger partial charge in [0, 0.05) is 22.6 Å². The Labute approximate surface area is 273 Å². The van der Waals surface area contributed by atoms with E-state index < -0.39 is 0 Å². The summed E-state index contributed by atoms with van der Waals surface area (Å²) in [6.45, 7) is 15.5. The van der Waals surface area contributed by atoms with Gasteiger partial charge in [-0.05, 0) is 97.8 Å². The van der Waals surface area contributed by atoms with Gasteiger partial charge in [0.25, 0.3) is 5.95 Å². The van der Waals surface area contributed by atoms with Crippen molar-refractivity contribution in [3.63, 3.8) is 0 Å². The van der Waals surface area contributed by atoms with Crippen molar-refractivity contribution in [2.45, 2.75) is 66.3 Å². The van der Waals surface area contributed by atoms with E-state index in [1.54, 1.807) is 0 Å². The molecule has 5 aromatic rings. The largest absolute Gasteiger partial charge is 0.356 e. The lowest BCUT2D eigenvalue weighted by molar-refractivity contribution is 0.301. The standard InChI is InChI=1S/C38H46N8/c1-27(2)28-18-20-32(21-19-28)45-46(33-16-12-9-13-17-33)36-42-34(41-35(43-36)44-38(6,7)26-37(3,4)5)40-31-24-22-30(23-25-31)39-29-14-10-8-11-15-29/h8-25,27,39,45H,26H2,1-7H3,(H2,40,41,42,43,44). The second kappa shape index (κ2) is 13.9. The molecule has 0 aliphatic heterocycles. The summed E-state index contributed by atoms with van der Waals surface area (Å²) in [5.74, 6) is 1.82. The van der Waals surface area contributed by atoms with Crippen LogP contribution >= 0.6 is 0 Å². The number of para-hydroxylation sites is 2. The number of nitrogens with zero attached hydrogens (tertiary/aromatic N) is 4. The Bertz CT molecular complexity index is 1680. The van der Waals surface area contributed by atoms with Crippen LogP contribution in [0.4, 0.5) is 46.3 Å². The molecule has 0 saturated carbocycles. The number of hydrazine groups is 1. The second-order valence-electron chi connectivity index (χ2n) is 13.8. The summed E-state index contributed by atoms with van der Waals surface area (Å²) < 4.78 is 0. The number of hydrogen-bond acceptors (Lipinski definition) is 8. The molecule has 0 saturated heterocycles. The minimum absolute atomic E-state index is 0.114. The summed E-state index contributed by atoms with van der Waals surface area (Å²) in [6.07, 6.45) is 0.919. The van der Waals surface area contributed by atoms with Crippen molar-refractivity contribution in [3.8, 4) is 0 Å². The minimum atomic E-state index is -0.267. The number of benzene rings is 4. The summed E-state index contributed by atoms with van der Waals surface area (Å²) in [7, 11) is 0. The molecule has 8 heteroatoms. The molecule has 4 N–H and O–H groups in total. The lowest BCUT2D eigenvalue weighted by atomic mass is 9.82. The van der Waals surface area contributed by atoms with Gasteiger partial charge in [0.1, 0.15) is 0 Å². The van der Waals surface area contributed by atoms with Crippen LogP contribution in [0.25, 0.3) is 0 Å². The molecule has 8 nitrogen and oxygen atoms in total. The highest BCUT2D eigenvalue weighted by molar-refractivity contribution is 5.67. The zero-order valence-corrected chi connectivity index (χ0v) is 28.0. The first-order valence-electron chi connectivity index (χ1n) is 15.9. The van der Waals surface area contributed by atoms with Gasteiger partial charge in [-0.2, -0.15) is 15.0 Å². The smallest absolute Gasteiger partial charge is 0.255 e. The molecule has 0 aliphatic rings. The van der Waals surface area contributed by atoms with Crippen molar-refractivity contribution in [3.05, 3.63) is 115 Å². The molecule has 0 aliphatic carbocycles. The Kier molecular flexibility index (Phi) is 9.75. The van der Waals surface area contributed by atoms with Crippen LogP contribution in [-0.2, 0) is 0 Å². The SMILES string of the molecule is CC(C)c1ccc(NN(c2ccccc2)c2nc(Nc3ccc(Nc4ccccc4)cc3)nc(NC(C)(C)CC(C)(C)C)n2)cc1. The highest BCUT2D eigenvalue weighted by Gasteiger charge is 2.27. The van der Waals surface area contributed by atoms with E-state index in [2.05, 4.69) is 94.1 Å². The van der Waals surface area contributed by atoms with E-state index in [4.69, 9.17) is 15.0 Å². The van der Waals surface area contributed by atoms with Crippen molar-refractivity contribution >= 4 is 46.3 Å². The van der Waals surface area contributed by atoms with E-state index in [9.17, 15) is 0 Å². The third-order valence-electron chi connectivity index (χ3n) is 7.28. The van der Waals surface area contributed by atoms with E-state index in [1.807, 2.05) is 89.9 Å². The number of aromatic nitrogens is 3. The molecular weight excluding hydrogens is 568 g/mol. The third-order valence-corrected chi connectivity index (χ3v) is 7.28. The Hall–Kier alpha value is -5.11. The number of hydrogen-bond donors (Lipinski definition) is 4. The Morgan fingerprint density at radius 1 is 0.587 bits per heavy atom. The van der Waals surface area contributed by atoms with Gasteiger partial charge in [-0.1, -0.05) is 83.1 Å². The molecule has 0 radical (unpaired) electrons. The van der Waals surface area contributed by atoms with E-state index in [0.29, 0.717) is 23.8 Å². The summed E-state index contributed by atoms with van der Waals surface area (Å²) in [5, 5.41) is 12.3. The van der Waals surface area contributed by atoms with Crippen LogP contribution < -0.4 is 26.4 Å². The molecule has 0 unspecified atom stereocenters. The molecule has 0 amide bonds. The van der Waals surface area contributed by atoms with Gasteiger partial charge < -0.3 is 16.0 Å². The molecule has 1 heterocycles. The average molecular weight is 615 g/mol. The molecule has 4 aromatic carbocycles. The molecule has 5 rings (SSSR count). The summed E-state index contributed by atoms with van der Waals surface area (Å²) >= 11 is 0. The number of rotatable bonds is 12. The van der Waals surface area contributed by atoms with Crippen molar-refractivity contribution in [1.82, 2.24) is 15.0 Å². The molecule has 0 fully saturated rings. The van der Waals surface area contributed by atoms with E-state index in [0.717, 1.165) is 34.9 Å². The molecule has 0 spiro atoms. The molecule has 0 atom stereocenters. The zero-order valence-electron chi connectivity index (χ0n) is 28.0. The van der Waals surface area contributed by atoms with Crippen LogP contribution in [0.1, 0.15) is 66.4 Å². The van der Waals surface area contributed by atoms with Crippen LogP contribution in [0.5, 0.6) is 0 Å². The Morgan fingerprint density at radius 2 is 1.11 bits per heavy atom. The highest BCUT2D eigenvalue weighted by Crippen LogP contribution is 2.31. The Morgan fingerprint density at radius 3 is 1.70 bits per heavy atom. The fourth-order valence-corrected chi connectivity index (χ4v) is 5.58. The molecule has 238 valence electrons. The van der Waals surface area contributed by atoms with Gasteiger partial charge in [0.2, 0.25) is 11.9 Å². The lowest BCUT2D eigenvalue weighted by Crippen LogP contribution is -2.36. The van der Waals surface area contributed by atoms with Crippen molar-refractivity contribution < 1.29 is 0 Å². The molecule has 1 aromatic heterocycles. The second-order valence-corrected chi connectivity index (χ2v) is 13.8. The van der Waals surface area contributed by atoms with Gasteiger partial charge in [-0.15, -0.1) is 0 Å². The predicted octanol–water partition coefficient (Wildman–Crippen LogP) is 10.3. The molecular formula is C38H46N8. The molecule has 0 bridgehead atoms. The number of nitrogens with one attached hydrogen (secondary N) is 4. The molecule has 46 heavy (non-hydrogen) atoms. The van der Waals surface area contributed by atoms with Gasteiger partial charge >= 0.3 is 0 Å². The fraction of sp³-hybridized carbons (Fsp3) is 0.289. The lowest BCUT2D eigenvalue weighted by Gasteiger charge is -2.33. The monoisotopic (exact) mass is 614 g/mol. The number of anilines is 8. The van der Waals surface area contributed by atoms with E-state index in [1.165, 1.54) is 5.56 Å². The van der Waals surface area contributed by atoms with Crippen LogP contribution in [0, 0.1) is 5.41 Å². The van der Waals surface area contributed by atoms with Gasteiger partial charge in [-0.25, -0.2) is 5.01 Å². The van der Waals surface area contributed by atoms with Gasteiger partial charge in [-0.3, -0.25) is 5.43 Å². The van der Waals surface area contributed by atoms with Gasteiger partial charge in [0.15, 0.2) is 0 Å². The minimum Gasteiger partial charge on any atom is -0.356 e. The van der Waals surface area contributed by atoms with E-state index >= 15 is 0 Å². The maximum atomic E-state index is 4.95. The Balaban J connectivity index is 1.49. The van der Waals surface area contributed by atoms with Crippen molar-refractivity contribution in [2.24, 2.45) is 5.41 Å². The van der Waals surface area contributed by atoms with Crippen molar-refractivity contribution in [1.29, 1.82) is 0 Å². The maximum Gasteiger partial charge on any atom is 0.255 e. The topological polar surface area (TPSA) is 90.0 Å². The predicted molar refractivity (Wildman–Crippen MR) is 194 cm³/mol. The first-order valence-corrected chi connectivity index (χ1v) is 15.9. The summed E-state index contributed by atoms with van der Waals surface area (Å²) in [6, 6.07) is 36.7. The fourth-order valence-electron chi connectivity index (χ4n) is 5.58. The first-order chi connectivity index (χ1) is 21.9. The zero-order chi connectivity index (χ0) is 32.7. The van der Waals surface area contributed by atoms with Crippen LogP contribution in [0.15, 0.2) is 109 Å². The summed E-state index contributed by atoms with van der Waals surface area (Å²) in [5.41, 5.74) is 9.37. The quantitative estimate of drug-likeness (QED) is 0.103. The van der Waals surface area contributed by atoms with Crippen LogP contribution in [0.2, 0.25) is 0 Å². The van der Waals surface area contributed by atoms with E-state index in [-0.39, 0.29) is 11.0 Å². The van der Waals surface area contributed by atoms with Gasteiger partial charge in [0.05, 0.1) is 11.4 Å². The summed E-state index contributed by atoms with van der Waals surface area (Å²) in [4.78, 5) is 14.7.